The molecule has 1 aromatic heterocycles. The van der Waals surface area contributed by atoms with Crippen molar-refractivity contribution in [3.05, 3.63) is 24.0 Å². The van der Waals surface area contributed by atoms with Crippen molar-refractivity contribution in [1.82, 2.24) is 10.2 Å². The molecule has 1 heterocycles. The minimum atomic E-state index is -1.05. The summed E-state index contributed by atoms with van der Waals surface area (Å²) in [5.41, 5.74) is -0.0301. The summed E-state index contributed by atoms with van der Waals surface area (Å²) < 4.78 is 0. The molecule has 1 aromatic rings. The van der Waals surface area contributed by atoms with Gasteiger partial charge in [0.2, 0.25) is 0 Å². The smallest absolute Gasteiger partial charge is 0.356 e. The first kappa shape index (κ1) is 9.17. The maximum absolute atomic E-state index is 10.1. The van der Waals surface area contributed by atoms with Crippen LogP contribution in [-0.2, 0) is 19.5 Å². The molecule has 0 saturated carbocycles. The summed E-state index contributed by atoms with van der Waals surface area (Å²) >= 11 is 0. The average molecular weight is 189 g/mol. The van der Waals surface area contributed by atoms with E-state index in [1.165, 1.54) is 18.3 Å². The monoisotopic (exact) mass is 188 g/mol. The molecule has 0 atom stereocenters. The average Bonchev–Trinajstić information content (AvgIpc) is 1.90. The van der Waals surface area contributed by atoms with Gasteiger partial charge in [-0.25, -0.2) is 4.79 Å². The van der Waals surface area contributed by atoms with Crippen molar-refractivity contribution in [2.45, 2.75) is 0 Å². The standard InChI is InChI=1S/C5H4N2O2.Zn/c8-5(9)4-2-1-3-6-7-4;/h1-3H,(H,8,9);. The van der Waals surface area contributed by atoms with Crippen LogP contribution in [0.3, 0.4) is 0 Å². The Balaban J connectivity index is 0.000000810. The summed E-state index contributed by atoms with van der Waals surface area (Å²) in [5, 5.41) is 15.0. The van der Waals surface area contributed by atoms with E-state index in [-0.39, 0.29) is 25.2 Å². The Labute approximate surface area is 70.0 Å². The second-order valence-electron chi connectivity index (χ2n) is 1.41. The van der Waals surface area contributed by atoms with E-state index in [2.05, 4.69) is 10.2 Å². The number of rotatable bonds is 1. The molecule has 0 bridgehead atoms. The van der Waals surface area contributed by atoms with Crippen LogP contribution in [0.15, 0.2) is 18.3 Å². The third kappa shape index (κ3) is 2.19. The van der Waals surface area contributed by atoms with Crippen molar-refractivity contribution in [3.63, 3.8) is 0 Å². The number of aromatic nitrogens is 2. The van der Waals surface area contributed by atoms with Crippen LogP contribution in [0.5, 0.6) is 0 Å². The summed E-state index contributed by atoms with van der Waals surface area (Å²) in [6.07, 6.45) is 1.42. The molecule has 0 aliphatic rings. The molecular weight excluding hydrogens is 185 g/mol. The van der Waals surface area contributed by atoms with Gasteiger partial charge in [0, 0.05) is 25.7 Å². The Morgan fingerprint density at radius 2 is 2.30 bits per heavy atom. The first-order chi connectivity index (χ1) is 4.30. The Morgan fingerprint density at radius 1 is 1.60 bits per heavy atom. The predicted octanol–water partition coefficient (Wildman–Crippen LogP) is 0.172. The van der Waals surface area contributed by atoms with E-state index in [4.69, 9.17) is 5.11 Å². The van der Waals surface area contributed by atoms with Crippen LogP contribution >= 0.6 is 0 Å². The van der Waals surface area contributed by atoms with Crippen molar-refractivity contribution >= 4 is 5.97 Å². The molecule has 0 fully saturated rings. The minimum absolute atomic E-state index is 0. The van der Waals surface area contributed by atoms with Gasteiger partial charge >= 0.3 is 5.97 Å². The predicted molar refractivity (Wildman–Crippen MR) is 29.0 cm³/mol. The number of hydrogen-bond donors (Lipinski definition) is 1. The maximum atomic E-state index is 10.1. The quantitative estimate of drug-likeness (QED) is 0.640. The van der Waals surface area contributed by atoms with Gasteiger partial charge in [-0.3, -0.25) is 0 Å². The number of nitrogens with zero attached hydrogens (tertiary/aromatic N) is 2. The largest absolute Gasteiger partial charge is 0.476 e. The van der Waals surface area contributed by atoms with Crippen molar-refractivity contribution in [2.75, 3.05) is 0 Å². The molecular formula is C5H4N2O2Zn. The molecule has 0 aliphatic carbocycles. The Morgan fingerprint density at radius 3 is 2.60 bits per heavy atom. The summed E-state index contributed by atoms with van der Waals surface area (Å²) in [6, 6.07) is 2.91. The molecule has 1 N–H and O–H groups in total. The van der Waals surface area contributed by atoms with Crippen LogP contribution < -0.4 is 0 Å². The second-order valence-corrected chi connectivity index (χ2v) is 1.41. The van der Waals surface area contributed by atoms with Gasteiger partial charge in [0.25, 0.3) is 0 Å². The fraction of sp³-hybridized carbons (Fsp3) is 0. The molecule has 0 amide bonds. The third-order valence-electron chi connectivity index (χ3n) is 0.791. The van der Waals surface area contributed by atoms with Crippen molar-refractivity contribution in [3.8, 4) is 0 Å². The zero-order valence-corrected chi connectivity index (χ0v) is 8.16. The van der Waals surface area contributed by atoms with Crippen LogP contribution in [0, 0.1) is 0 Å². The molecule has 0 aromatic carbocycles. The topological polar surface area (TPSA) is 63.1 Å². The number of carboxylic acids is 1. The van der Waals surface area contributed by atoms with Gasteiger partial charge < -0.3 is 5.11 Å². The van der Waals surface area contributed by atoms with Gasteiger partial charge in [-0.1, -0.05) is 0 Å². The normalized spacial score (nSPS) is 8.00. The van der Waals surface area contributed by atoms with Crippen molar-refractivity contribution in [1.29, 1.82) is 0 Å². The van der Waals surface area contributed by atoms with Crippen LogP contribution in [-0.4, -0.2) is 21.3 Å². The van der Waals surface area contributed by atoms with E-state index < -0.39 is 5.97 Å². The van der Waals surface area contributed by atoms with Gasteiger partial charge in [0.15, 0.2) is 5.69 Å². The summed E-state index contributed by atoms with van der Waals surface area (Å²) in [4.78, 5) is 10.1. The molecule has 0 aliphatic heterocycles. The van der Waals surface area contributed by atoms with Gasteiger partial charge in [-0.15, -0.1) is 5.10 Å². The van der Waals surface area contributed by atoms with Crippen LogP contribution in [0.1, 0.15) is 10.5 Å². The fourth-order valence-corrected chi connectivity index (χ4v) is 0.416. The van der Waals surface area contributed by atoms with Crippen LogP contribution in [0.25, 0.3) is 0 Å². The molecule has 0 radical (unpaired) electrons. The molecule has 0 saturated heterocycles. The van der Waals surface area contributed by atoms with E-state index in [1.54, 1.807) is 0 Å². The first-order valence-electron chi connectivity index (χ1n) is 2.31. The zero-order chi connectivity index (χ0) is 6.69. The maximum Gasteiger partial charge on any atom is 0.356 e. The van der Waals surface area contributed by atoms with Crippen molar-refractivity contribution in [2.24, 2.45) is 0 Å². The molecule has 5 heteroatoms. The number of aromatic carboxylic acids is 1. The third-order valence-corrected chi connectivity index (χ3v) is 0.791. The van der Waals surface area contributed by atoms with Gasteiger partial charge in [0.05, 0.1) is 0 Å². The van der Waals surface area contributed by atoms with Crippen LogP contribution in [0.2, 0.25) is 0 Å². The van der Waals surface area contributed by atoms with E-state index in [0.717, 1.165) is 0 Å². The van der Waals surface area contributed by atoms with Gasteiger partial charge in [-0.2, -0.15) is 5.10 Å². The Bertz CT molecular complexity index is 214. The SMILES string of the molecule is O=C(O)c1cccnn1.[Zn]. The van der Waals surface area contributed by atoms with E-state index >= 15 is 0 Å². The van der Waals surface area contributed by atoms with Crippen molar-refractivity contribution < 1.29 is 29.4 Å². The van der Waals surface area contributed by atoms with Gasteiger partial charge in [0.1, 0.15) is 0 Å². The van der Waals surface area contributed by atoms with E-state index in [9.17, 15) is 4.79 Å². The zero-order valence-electron chi connectivity index (χ0n) is 5.19. The molecule has 4 nitrogen and oxygen atoms in total. The van der Waals surface area contributed by atoms with E-state index in [1.807, 2.05) is 0 Å². The summed E-state index contributed by atoms with van der Waals surface area (Å²) in [5.74, 6) is -1.05. The molecule has 48 valence electrons. The first-order valence-corrected chi connectivity index (χ1v) is 2.31. The Kier molecular flexibility index (Phi) is 3.73. The summed E-state index contributed by atoms with van der Waals surface area (Å²) in [7, 11) is 0. The minimum Gasteiger partial charge on any atom is -0.476 e. The molecule has 0 spiro atoms. The number of hydrogen-bond acceptors (Lipinski definition) is 3. The van der Waals surface area contributed by atoms with E-state index in [0.29, 0.717) is 0 Å². The number of carbonyl (C=O) groups is 1. The second kappa shape index (κ2) is 4.06. The molecule has 10 heavy (non-hydrogen) atoms. The Hall–Kier alpha value is -0.827. The van der Waals surface area contributed by atoms with Gasteiger partial charge in [-0.05, 0) is 12.1 Å². The fourth-order valence-electron chi connectivity index (χ4n) is 0.416. The molecule has 1 rings (SSSR count). The number of carboxylic acid groups (broad SMARTS) is 1. The summed E-state index contributed by atoms with van der Waals surface area (Å²) in [6.45, 7) is 0. The van der Waals surface area contributed by atoms with Crippen LogP contribution in [0.4, 0.5) is 0 Å². The molecule has 0 unspecified atom stereocenters.